The van der Waals surface area contributed by atoms with Crippen molar-refractivity contribution in [2.45, 2.75) is 19.6 Å². The summed E-state index contributed by atoms with van der Waals surface area (Å²) in [7, 11) is 0. The summed E-state index contributed by atoms with van der Waals surface area (Å²) in [4.78, 5) is 28.7. The summed E-state index contributed by atoms with van der Waals surface area (Å²) in [5, 5.41) is 5.87. The molecule has 144 valence electrons. The van der Waals surface area contributed by atoms with Crippen LogP contribution in [0.2, 0.25) is 5.15 Å². The maximum atomic E-state index is 12.6. The van der Waals surface area contributed by atoms with Gasteiger partial charge < -0.3 is 19.8 Å². The lowest BCUT2D eigenvalue weighted by Crippen LogP contribution is -2.30. The third kappa shape index (κ3) is 4.89. The quantitative estimate of drug-likeness (QED) is 0.458. The van der Waals surface area contributed by atoms with Crippen LogP contribution < -0.4 is 10.6 Å². The van der Waals surface area contributed by atoms with Gasteiger partial charge in [-0.15, -0.1) is 0 Å². The number of hydrogen-bond acceptors (Lipinski definition) is 6. The fraction of sp³-hybridized carbons (Fsp3) is 0.150. The number of anilines is 2. The minimum absolute atomic E-state index is 0.154. The number of carbonyl (C=O) groups is 2. The molecule has 2 aromatic heterocycles. The number of pyridine rings is 1. The smallest absolute Gasteiger partial charge is 0.341 e. The molecule has 0 radical (unpaired) electrons. The molecule has 0 saturated carbocycles. The Morgan fingerprint density at radius 2 is 1.93 bits per heavy atom. The second-order valence-corrected chi connectivity index (χ2v) is 6.22. The van der Waals surface area contributed by atoms with Crippen LogP contribution in [0.25, 0.3) is 0 Å². The van der Waals surface area contributed by atoms with E-state index in [2.05, 4.69) is 15.6 Å². The van der Waals surface area contributed by atoms with Crippen LogP contribution in [0.4, 0.5) is 11.4 Å². The van der Waals surface area contributed by atoms with Crippen molar-refractivity contribution in [1.82, 2.24) is 4.98 Å². The summed E-state index contributed by atoms with van der Waals surface area (Å²) < 4.78 is 10.6. The fourth-order valence-electron chi connectivity index (χ4n) is 2.40. The van der Waals surface area contributed by atoms with Crippen molar-refractivity contribution in [3.8, 4) is 0 Å². The molecule has 0 saturated heterocycles. The Morgan fingerprint density at radius 1 is 1.14 bits per heavy atom. The van der Waals surface area contributed by atoms with Crippen LogP contribution in [0.3, 0.4) is 0 Å². The van der Waals surface area contributed by atoms with Gasteiger partial charge in [-0.05, 0) is 43.3 Å². The molecule has 2 heterocycles. The van der Waals surface area contributed by atoms with Crippen molar-refractivity contribution in [3.63, 3.8) is 0 Å². The average molecular weight is 400 g/mol. The first kappa shape index (κ1) is 19.4. The number of hydrogen-bond donors (Lipinski definition) is 2. The standard InChI is InChI=1S/C20H18ClN3O4/c1-13(19(25)24-17-9-4-10-22-18(17)21)28-20(26)15-7-2-3-8-16(15)23-12-14-6-5-11-27-14/h2-11,13,23H,12H2,1H3,(H,24,25)/t13-/m0/s1. The number of rotatable bonds is 7. The van der Waals surface area contributed by atoms with E-state index in [0.29, 0.717) is 23.5 Å². The zero-order valence-electron chi connectivity index (χ0n) is 15.0. The number of halogens is 1. The van der Waals surface area contributed by atoms with Gasteiger partial charge in [-0.3, -0.25) is 4.79 Å². The molecule has 7 nitrogen and oxygen atoms in total. The number of carbonyl (C=O) groups excluding carboxylic acids is 2. The van der Waals surface area contributed by atoms with Crippen LogP contribution in [0, 0.1) is 0 Å². The SMILES string of the molecule is C[C@H](OC(=O)c1ccccc1NCc1ccco1)C(=O)Nc1cccnc1Cl. The van der Waals surface area contributed by atoms with E-state index in [0.717, 1.165) is 5.76 Å². The highest BCUT2D eigenvalue weighted by molar-refractivity contribution is 6.32. The third-order valence-electron chi connectivity index (χ3n) is 3.85. The van der Waals surface area contributed by atoms with Crippen molar-refractivity contribution in [2.75, 3.05) is 10.6 Å². The zero-order valence-corrected chi connectivity index (χ0v) is 15.8. The first-order valence-corrected chi connectivity index (χ1v) is 8.90. The van der Waals surface area contributed by atoms with Gasteiger partial charge in [0.2, 0.25) is 0 Å². The van der Waals surface area contributed by atoms with Gasteiger partial charge in [0.05, 0.1) is 24.1 Å². The zero-order chi connectivity index (χ0) is 19.9. The topological polar surface area (TPSA) is 93.5 Å². The van der Waals surface area contributed by atoms with Crippen molar-refractivity contribution >= 4 is 34.9 Å². The van der Waals surface area contributed by atoms with Crippen molar-refractivity contribution in [3.05, 3.63) is 77.5 Å². The van der Waals surface area contributed by atoms with Crippen LogP contribution in [0.15, 0.2) is 65.4 Å². The van der Waals surface area contributed by atoms with Crippen LogP contribution >= 0.6 is 11.6 Å². The molecule has 0 unspecified atom stereocenters. The lowest BCUT2D eigenvalue weighted by molar-refractivity contribution is -0.123. The number of benzene rings is 1. The minimum Gasteiger partial charge on any atom is -0.467 e. The average Bonchev–Trinajstić information content (AvgIpc) is 3.22. The molecule has 1 amide bonds. The van der Waals surface area contributed by atoms with Gasteiger partial charge in [0.15, 0.2) is 11.3 Å². The van der Waals surface area contributed by atoms with Crippen LogP contribution in [0.5, 0.6) is 0 Å². The lowest BCUT2D eigenvalue weighted by atomic mass is 10.1. The Hall–Kier alpha value is -3.32. The Bertz CT molecular complexity index is 960. The van der Waals surface area contributed by atoms with Crippen LogP contribution in [0.1, 0.15) is 23.0 Å². The predicted molar refractivity (Wildman–Crippen MR) is 105 cm³/mol. The second kappa shape index (κ2) is 9.05. The summed E-state index contributed by atoms with van der Waals surface area (Å²) >= 11 is 5.92. The van der Waals surface area contributed by atoms with E-state index in [1.165, 1.54) is 13.1 Å². The summed E-state index contributed by atoms with van der Waals surface area (Å²) in [5.41, 5.74) is 1.23. The number of para-hydroxylation sites is 1. The van der Waals surface area contributed by atoms with Gasteiger partial charge in [0.1, 0.15) is 5.76 Å². The molecule has 28 heavy (non-hydrogen) atoms. The highest BCUT2D eigenvalue weighted by Gasteiger charge is 2.21. The minimum atomic E-state index is -1.03. The van der Waals surface area contributed by atoms with E-state index in [9.17, 15) is 9.59 Å². The molecule has 0 fully saturated rings. The molecule has 8 heteroatoms. The largest absolute Gasteiger partial charge is 0.467 e. The van der Waals surface area contributed by atoms with Crippen molar-refractivity contribution in [1.29, 1.82) is 0 Å². The van der Waals surface area contributed by atoms with E-state index in [1.54, 1.807) is 48.7 Å². The lowest BCUT2D eigenvalue weighted by Gasteiger charge is -2.15. The summed E-state index contributed by atoms with van der Waals surface area (Å²) in [6, 6.07) is 13.7. The predicted octanol–water partition coefficient (Wildman–Crippen LogP) is 4.12. The van der Waals surface area contributed by atoms with E-state index in [-0.39, 0.29) is 5.15 Å². The molecule has 0 aliphatic carbocycles. The monoisotopic (exact) mass is 399 g/mol. The molecule has 1 atom stereocenters. The Balaban J connectivity index is 1.63. The molecule has 0 aliphatic heterocycles. The first-order valence-electron chi connectivity index (χ1n) is 8.52. The van der Waals surface area contributed by atoms with E-state index >= 15 is 0 Å². The molecule has 1 aromatic carbocycles. The number of ether oxygens (including phenoxy) is 1. The van der Waals surface area contributed by atoms with Gasteiger partial charge >= 0.3 is 5.97 Å². The Morgan fingerprint density at radius 3 is 2.68 bits per heavy atom. The first-order chi connectivity index (χ1) is 13.5. The molecule has 3 rings (SSSR count). The van der Waals surface area contributed by atoms with E-state index in [1.807, 2.05) is 6.07 Å². The number of nitrogens with one attached hydrogen (secondary N) is 2. The number of esters is 1. The highest BCUT2D eigenvalue weighted by Crippen LogP contribution is 2.20. The molecule has 0 spiro atoms. The third-order valence-corrected chi connectivity index (χ3v) is 4.15. The van der Waals surface area contributed by atoms with Crippen molar-refractivity contribution < 1.29 is 18.7 Å². The van der Waals surface area contributed by atoms with Gasteiger partial charge in [-0.25, -0.2) is 9.78 Å². The van der Waals surface area contributed by atoms with Gasteiger partial charge in [-0.2, -0.15) is 0 Å². The molecular weight excluding hydrogens is 382 g/mol. The van der Waals surface area contributed by atoms with E-state index in [4.69, 9.17) is 20.8 Å². The number of nitrogens with zero attached hydrogens (tertiary/aromatic N) is 1. The second-order valence-electron chi connectivity index (χ2n) is 5.86. The van der Waals surface area contributed by atoms with Gasteiger partial charge in [-0.1, -0.05) is 23.7 Å². The Kier molecular flexibility index (Phi) is 6.29. The maximum absolute atomic E-state index is 12.6. The molecule has 0 bridgehead atoms. The summed E-state index contributed by atoms with van der Waals surface area (Å²) in [6.45, 7) is 1.89. The van der Waals surface area contributed by atoms with Gasteiger partial charge in [0.25, 0.3) is 5.91 Å². The number of amides is 1. The molecular formula is C20H18ClN3O4. The molecule has 0 aliphatic rings. The highest BCUT2D eigenvalue weighted by atomic mass is 35.5. The molecule has 3 aromatic rings. The van der Waals surface area contributed by atoms with Crippen LogP contribution in [-0.4, -0.2) is 23.0 Å². The molecule has 2 N–H and O–H groups in total. The maximum Gasteiger partial charge on any atom is 0.341 e. The normalized spacial score (nSPS) is 11.5. The Labute approximate surface area is 166 Å². The summed E-state index contributed by atoms with van der Waals surface area (Å²) in [5.74, 6) is -0.406. The van der Waals surface area contributed by atoms with Crippen LogP contribution in [-0.2, 0) is 16.1 Å². The fourth-order valence-corrected chi connectivity index (χ4v) is 2.57. The van der Waals surface area contributed by atoms with Crippen molar-refractivity contribution in [2.24, 2.45) is 0 Å². The van der Waals surface area contributed by atoms with E-state index < -0.39 is 18.0 Å². The summed E-state index contributed by atoms with van der Waals surface area (Å²) in [6.07, 6.45) is 2.06. The number of aromatic nitrogens is 1. The van der Waals surface area contributed by atoms with Gasteiger partial charge in [0, 0.05) is 11.9 Å². The number of furan rings is 1.